The Balaban J connectivity index is 1.60. The van der Waals surface area contributed by atoms with E-state index in [0.717, 1.165) is 0 Å². The molecule has 4 amide bonds. The fourth-order valence-electron chi connectivity index (χ4n) is 5.65. The van der Waals surface area contributed by atoms with E-state index in [9.17, 15) is 24.0 Å². The van der Waals surface area contributed by atoms with E-state index in [4.69, 9.17) is 0 Å². The van der Waals surface area contributed by atoms with Crippen molar-refractivity contribution in [2.45, 2.75) is 25.9 Å². The van der Waals surface area contributed by atoms with Gasteiger partial charge in [-0.1, -0.05) is 50.2 Å². The van der Waals surface area contributed by atoms with Crippen molar-refractivity contribution in [1.29, 1.82) is 5.26 Å². The van der Waals surface area contributed by atoms with Gasteiger partial charge in [-0.25, -0.2) is 14.1 Å². The number of nitrogens with one attached hydrogen (secondary N) is 1. The van der Waals surface area contributed by atoms with Crippen LogP contribution >= 0.6 is 0 Å². The standard InChI is InChI=1S/C29H25FN4O3/c1-17(2)25-23-24(28(36)33(27(23)35)22-9-4-3-5-10-22)26(19-11-13-20(30)14-12-19)34(25)29(37)32-21-8-6-7-18(15-21)16-31/h3-15,17,23-26H,1-2H3,(H,32,37). The maximum absolute atomic E-state index is 13.9. The molecule has 0 radical (unpaired) electrons. The zero-order chi connectivity index (χ0) is 26.3. The first-order valence-electron chi connectivity index (χ1n) is 12.1. The molecule has 37 heavy (non-hydrogen) atoms. The van der Waals surface area contributed by atoms with Crippen LogP contribution in [0.1, 0.15) is 31.0 Å². The molecule has 2 heterocycles. The van der Waals surface area contributed by atoms with Crippen molar-refractivity contribution in [3.63, 3.8) is 0 Å². The maximum atomic E-state index is 13.9. The number of para-hydroxylation sites is 1. The van der Waals surface area contributed by atoms with Crippen LogP contribution in [0.3, 0.4) is 0 Å². The average Bonchev–Trinajstić information content (AvgIpc) is 3.38. The number of benzene rings is 3. The first-order valence-corrected chi connectivity index (χ1v) is 12.1. The Kier molecular flexibility index (Phi) is 6.22. The molecule has 3 aromatic carbocycles. The highest BCUT2D eigenvalue weighted by atomic mass is 19.1. The molecule has 4 unspecified atom stereocenters. The monoisotopic (exact) mass is 496 g/mol. The summed E-state index contributed by atoms with van der Waals surface area (Å²) in [5, 5.41) is 12.1. The van der Waals surface area contributed by atoms with E-state index in [1.54, 1.807) is 71.6 Å². The van der Waals surface area contributed by atoms with Crippen molar-refractivity contribution in [3.05, 3.63) is 95.8 Å². The molecule has 5 rings (SSSR count). The van der Waals surface area contributed by atoms with Crippen LogP contribution in [0.25, 0.3) is 0 Å². The van der Waals surface area contributed by atoms with E-state index in [2.05, 4.69) is 5.32 Å². The van der Waals surface area contributed by atoms with Gasteiger partial charge >= 0.3 is 6.03 Å². The number of fused-ring (bicyclic) bond motifs is 1. The quantitative estimate of drug-likeness (QED) is 0.508. The zero-order valence-corrected chi connectivity index (χ0v) is 20.3. The van der Waals surface area contributed by atoms with Gasteiger partial charge in [0, 0.05) is 11.7 Å². The third-order valence-electron chi connectivity index (χ3n) is 7.11. The third kappa shape index (κ3) is 4.12. The molecule has 0 aliphatic carbocycles. The molecular formula is C29H25FN4O3. The largest absolute Gasteiger partial charge is 0.322 e. The number of urea groups is 1. The smallest absolute Gasteiger partial charge is 0.313 e. The van der Waals surface area contributed by atoms with Crippen LogP contribution in [0.15, 0.2) is 78.9 Å². The second kappa shape index (κ2) is 9.51. The van der Waals surface area contributed by atoms with Gasteiger partial charge in [0.15, 0.2) is 0 Å². The highest BCUT2D eigenvalue weighted by Crippen LogP contribution is 2.52. The molecule has 0 bridgehead atoms. The maximum Gasteiger partial charge on any atom is 0.322 e. The number of halogens is 1. The van der Waals surface area contributed by atoms with Crippen molar-refractivity contribution in [2.24, 2.45) is 17.8 Å². The summed E-state index contributed by atoms with van der Waals surface area (Å²) in [5.74, 6) is -2.94. The number of carbonyl (C=O) groups is 3. The molecule has 0 spiro atoms. The zero-order valence-electron chi connectivity index (χ0n) is 20.3. The van der Waals surface area contributed by atoms with Crippen LogP contribution in [0.5, 0.6) is 0 Å². The number of nitrogens with zero attached hydrogens (tertiary/aromatic N) is 3. The van der Waals surface area contributed by atoms with Gasteiger partial charge in [-0.05, 0) is 53.9 Å². The first-order chi connectivity index (χ1) is 17.8. The summed E-state index contributed by atoms with van der Waals surface area (Å²) >= 11 is 0. The molecule has 2 fully saturated rings. The van der Waals surface area contributed by atoms with Crippen molar-refractivity contribution in [1.82, 2.24) is 4.90 Å². The lowest BCUT2D eigenvalue weighted by atomic mass is 9.83. The molecule has 2 saturated heterocycles. The SMILES string of the molecule is CC(C)C1C2C(=O)N(c3ccccc3)C(=O)C2C(c2ccc(F)cc2)N1C(=O)Nc1cccc(C#N)c1. The summed E-state index contributed by atoms with van der Waals surface area (Å²) in [6.45, 7) is 3.82. The van der Waals surface area contributed by atoms with Crippen LogP contribution in [-0.2, 0) is 9.59 Å². The Morgan fingerprint density at radius 2 is 1.62 bits per heavy atom. The summed E-state index contributed by atoms with van der Waals surface area (Å²) in [5.41, 5.74) is 1.86. The predicted molar refractivity (Wildman–Crippen MR) is 136 cm³/mol. The minimum Gasteiger partial charge on any atom is -0.313 e. The molecule has 4 atom stereocenters. The van der Waals surface area contributed by atoms with Crippen LogP contribution in [0, 0.1) is 34.9 Å². The van der Waals surface area contributed by atoms with E-state index in [1.165, 1.54) is 17.0 Å². The molecular weight excluding hydrogens is 471 g/mol. The molecule has 8 heteroatoms. The minimum absolute atomic E-state index is 0.165. The lowest BCUT2D eigenvalue weighted by Crippen LogP contribution is -2.48. The number of hydrogen-bond acceptors (Lipinski definition) is 4. The number of carbonyl (C=O) groups excluding carboxylic acids is 3. The van der Waals surface area contributed by atoms with Gasteiger partial charge in [-0.15, -0.1) is 0 Å². The average molecular weight is 497 g/mol. The van der Waals surface area contributed by atoms with Crippen molar-refractivity contribution >= 4 is 29.2 Å². The van der Waals surface area contributed by atoms with E-state index in [-0.39, 0.29) is 17.7 Å². The van der Waals surface area contributed by atoms with Gasteiger partial charge in [0.2, 0.25) is 11.8 Å². The molecule has 1 N–H and O–H groups in total. The second-order valence-electron chi connectivity index (χ2n) is 9.66. The molecule has 0 saturated carbocycles. The highest BCUT2D eigenvalue weighted by Gasteiger charge is 2.64. The van der Waals surface area contributed by atoms with E-state index < -0.39 is 35.8 Å². The Hall–Kier alpha value is -4.51. The number of amides is 4. The van der Waals surface area contributed by atoms with Gasteiger partial charge in [-0.2, -0.15) is 5.26 Å². The number of anilines is 2. The summed E-state index contributed by atoms with van der Waals surface area (Å²) in [6, 6.07) is 21.1. The predicted octanol–water partition coefficient (Wildman–Crippen LogP) is 5.12. The Bertz CT molecular complexity index is 1400. The van der Waals surface area contributed by atoms with Crippen LogP contribution < -0.4 is 10.2 Å². The fourth-order valence-corrected chi connectivity index (χ4v) is 5.65. The van der Waals surface area contributed by atoms with E-state index >= 15 is 0 Å². The molecule has 7 nitrogen and oxygen atoms in total. The Morgan fingerprint density at radius 1 is 0.946 bits per heavy atom. The number of rotatable bonds is 4. The second-order valence-corrected chi connectivity index (χ2v) is 9.66. The topological polar surface area (TPSA) is 93.5 Å². The number of likely N-dealkylation sites (tertiary alicyclic amines) is 1. The fraction of sp³-hybridized carbons (Fsp3) is 0.241. The highest BCUT2D eigenvalue weighted by molar-refractivity contribution is 6.23. The summed E-state index contributed by atoms with van der Waals surface area (Å²) in [6.07, 6.45) is 0. The summed E-state index contributed by atoms with van der Waals surface area (Å²) in [7, 11) is 0. The first kappa shape index (κ1) is 24.2. The van der Waals surface area contributed by atoms with Gasteiger partial charge in [0.05, 0.1) is 35.2 Å². The normalized spacial score (nSPS) is 22.8. The molecule has 2 aliphatic heterocycles. The summed E-state index contributed by atoms with van der Waals surface area (Å²) in [4.78, 5) is 44.2. The number of hydrogen-bond donors (Lipinski definition) is 1. The lowest BCUT2D eigenvalue weighted by Gasteiger charge is -2.35. The van der Waals surface area contributed by atoms with Gasteiger partial charge in [0.1, 0.15) is 5.82 Å². The lowest BCUT2D eigenvalue weighted by molar-refractivity contribution is -0.123. The molecule has 186 valence electrons. The van der Waals surface area contributed by atoms with Gasteiger partial charge in [-0.3, -0.25) is 9.59 Å². The van der Waals surface area contributed by atoms with Crippen molar-refractivity contribution in [3.8, 4) is 6.07 Å². The molecule has 0 aromatic heterocycles. The molecule has 3 aromatic rings. The minimum atomic E-state index is -0.832. The van der Waals surface area contributed by atoms with Crippen molar-refractivity contribution in [2.75, 3.05) is 10.2 Å². The van der Waals surface area contributed by atoms with Crippen LogP contribution in [0.4, 0.5) is 20.6 Å². The van der Waals surface area contributed by atoms with Crippen LogP contribution in [0.2, 0.25) is 0 Å². The van der Waals surface area contributed by atoms with E-state index in [1.807, 2.05) is 19.9 Å². The van der Waals surface area contributed by atoms with Crippen molar-refractivity contribution < 1.29 is 18.8 Å². The number of nitriles is 1. The van der Waals surface area contributed by atoms with Gasteiger partial charge in [0.25, 0.3) is 0 Å². The number of imide groups is 1. The van der Waals surface area contributed by atoms with E-state index in [0.29, 0.717) is 22.5 Å². The van der Waals surface area contributed by atoms with Gasteiger partial charge < -0.3 is 10.2 Å². The Labute approximate surface area is 214 Å². The Morgan fingerprint density at radius 3 is 2.27 bits per heavy atom. The van der Waals surface area contributed by atoms with Crippen LogP contribution in [-0.4, -0.2) is 28.8 Å². The third-order valence-corrected chi connectivity index (χ3v) is 7.11. The molecule has 2 aliphatic rings. The summed E-state index contributed by atoms with van der Waals surface area (Å²) < 4.78 is 13.8.